The van der Waals surface area contributed by atoms with E-state index in [2.05, 4.69) is 10.1 Å². The van der Waals surface area contributed by atoms with Crippen LogP contribution in [0.2, 0.25) is 10.0 Å². The van der Waals surface area contributed by atoms with Gasteiger partial charge in [-0.2, -0.15) is 23.5 Å². The second kappa shape index (κ2) is 7.45. The molecule has 0 amide bonds. The topological polar surface area (TPSA) is 57.2 Å². The van der Waals surface area contributed by atoms with Crippen molar-refractivity contribution in [2.45, 2.75) is 22.6 Å². The third-order valence-corrected chi connectivity index (χ3v) is 5.69. The number of aromatic nitrogens is 2. The van der Waals surface area contributed by atoms with Gasteiger partial charge in [0, 0.05) is 20.5 Å². The van der Waals surface area contributed by atoms with Crippen LogP contribution in [0.1, 0.15) is 23.2 Å². The number of hydrogen-bond acceptors (Lipinski definition) is 3. The molecule has 30 heavy (non-hydrogen) atoms. The largest absolute Gasteiger partial charge is 0.416 e. The lowest BCUT2D eigenvalue weighted by Crippen LogP contribution is -2.11. The zero-order valence-electron chi connectivity index (χ0n) is 15.2. The maximum Gasteiger partial charge on any atom is 0.416 e. The number of aliphatic imine (C=N–C) groups is 1. The van der Waals surface area contributed by atoms with Gasteiger partial charge in [0.05, 0.1) is 27.5 Å². The fourth-order valence-corrected chi connectivity index (χ4v) is 3.97. The molecule has 1 unspecified atom stereocenters. The highest BCUT2D eigenvalue weighted by Gasteiger charge is 2.71. The number of alkyl halides is 6. The van der Waals surface area contributed by atoms with Crippen molar-refractivity contribution in [3.63, 3.8) is 0 Å². The predicted molar refractivity (Wildman–Crippen MR) is 107 cm³/mol. The molecule has 1 heterocycles. The van der Waals surface area contributed by atoms with Crippen molar-refractivity contribution < 1.29 is 17.6 Å². The van der Waals surface area contributed by atoms with Crippen LogP contribution in [-0.4, -0.2) is 39.4 Å². The summed E-state index contributed by atoms with van der Waals surface area (Å²) in [5.74, 6) is -0.227. The summed E-state index contributed by atoms with van der Waals surface area (Å²) in [6, 6.07) is 3.02. The van der Waals surface area contributed by atoms with E-state index in [0.717, 1.165) is 4.68 Å². The van der Waals surface area contributed by atoms with Crippen molar-refractivity contribution in [2.75, 3.05) is 14.1 Å². The summed E-state index contributed by atoms with van der Waals surface area (Å²) >= 11 is 24.0. The van der Waals surface area contributed by atoms with Crippen molar-refractivity contribution in [1.29, 1.82) is 5.26 Å². The summed E-state index contributed by atoms with van der Waals surface area (Å²) in [5, 5.41) is 12.6. The molecule has 0 spiro atoms. The van der Waals surface area contributed by atoms with Crippen molar-refractivity contribution in [2.24, 2.45) is 4.99 Å². The first-order chi connectivity index (χ1) is 13.7. The van der Waals surface area contributed by atoms with Crippen LogP contribution in [0, 0.1) is 11.3 Å². The third kappa shape index (κ3) is 3.82. The molecule has 0 aliphatic heterocycles. The Morgan fingerprint density at radius 2 is 1.80 bits per heavy atom. The molecule has 1 aliphatic carbocycles. The first-order valence-electron chi connectivity index (χ1n) is 8.10. The van der Waals surface area contributed by atoms with Crippen LogP contribution in [0.5, 0.6) is 0 Å². The van der Waals surface area contributed by atoms with Crippen molar-refractivity contribution in [3.05, 3.63) is 39.0 Å². The van der Waals surface area contributed by atoms with Crippen LogP contribution in [0.3, 0.4) is 0 Å². The van der Waals surface area contributed by atoms with Crippen molar-refractivity contribution in [3.8, 4) is 11.8 Å². The smallest absolute Gasteiger partial charge is 0.369 e. The number of hydrogen-bond donors (Lipinski definition) is 0. The third-order valence-electron chi connectivity index (χ3n) is 4.25. The van der Waals surface area contributed by atoms with Crippen molar-refractivity contribution >= 4 is 58.6 Å². The van der Waals surface area contributed by atoms with Gasteiger partial charge >= 0.3 is 6.18 Å². The van der Waals surface area contributed by atoms with Gasteiger partial charge in [0.15, 0.2) is 21.5 Å². The lowest BCUT2D eigenvalue weighted by Gasteiger charge is -2.14. The molecule has 1 aromatic carbocycles. The summed E-state index contributed by atoms with van der Waals surface area (Å²) in [4.78, 5) is 5.64. The molecule has 2 aromatic rings. The Morgan fingerprint density at radius 3 is 2.20 bits per heavy atom. The first kappa shape index (κ1) is 22.9. The number of nitrogens with zero attached hydrogens (tertiary/aromatic N) is 5. The van der Waals surface area contributed by atoms with Gasteiger partial charge in [0.2, 0.25) is 0 Å². The van der Waals surface area contributed by atoms with Crippen LogP contribution in [-0.2, 0) is 11.8 Å². The van der Waals surface area contributed by atoms with Gasteiger partial charge in [0.1, 0.15) is 11.8 Å². The molecular formula is C17H11Cl4F4N5. The Hall–Kier alpha value is -1.73. The van der Waals surface area contributed by atoms with E-state index < -0.39 is 37.5 Å². The highest BCUT2D eigenvalue weighted by molar-refractivity contribution is 6.52. The molecule has 5 nitrogen and oxygen atoms in total. The molecule has 13 heteroatoms. The summed E-state index contributed by atoms with van der Waals surface area (Å²) < 4.78 is 53.7. The van der Waals surface area contributed by atoms with Crippen LogP contribution >= 0.6 is 46.4 Å². The molecule has 1 atom stereocenters. The lowest BCUT2D eigenvalue weighted by atomic mass is 10.1. The zero-order valence-corrected chi connectivity index (χ0v) is 18.2. The average Bonchev–Trinajstić information content (AvgIpc) is 2.95. The fraction of sp³-hybridized carbons (Fsp3) is 0.353. The van der Waals surface area contributed by atoms with Gasteiger partial charge in [-0.25, -0.2) is 14.1 Å². The number of benzene rings is 1. The van der Waals surface area contributed by atoms with E-state index >= 15 is 4.39 Å². The van der Waals surface area contributed by atoms with E-state index in [4.69, 9.17) is 46.4 Å². The normalized spacial score (nSPS) is 20.4. The lowest BCUT2D eigenvalue weighted by molar-refractivity contribution is -0.137. The molecule has 0 radical (unpaired) electrons. The maximum atomic E-state index is 15.4. The van der Waals surface area contributed by atoms with Gasteiger partial charge in [-0.05, 0) is 12.1 Å². The minimum absolute atomic E-state index is 0.209. The van der Waals surface area contributed by atoms with E-state index in [1.807, 2.05) is 0 Å². The molecule has 0 bridgehead atoms. The highest BCUT2D eigenvalue weighted by Crippen LogP contribution is 2.68. The Labute approximate surface area is 188 Å². The zero-order chi connectivity index (χ0) is 22.6. The average molecular weight is 503 g/mol. The molecule has 3 rings (SSSR count). The van der Waals surface area contributed by atoms with Gasteiger partial charge in [-0.3, -0.25) is 0 Å². The van der Waals surface area contributed by atoms with Crippen LogP contribution < -0.4 is 0 Å². The van der Waals surface area contributed by atoms with E-state index in [1.165, 1.54) is 11.2 Å². The molecule has 1 saturated carbocycles. The summed E-state index contributed by atoms with van der Waals surface area (Å²) in [6.45, 7) is 0. The molecule has 1 aliphatic rings. The number of rotatable bonds is 4. The summed E-state index contributed by atoms with van der Waals surface area (Å²) in [5.41, 5.74) is -4.35. The first-order valence-corrected chi connectivity index (χ1v) is 9.61. The quantitative estimate of drug-likeness (QED) is 0.222. The van der Waals surface area contributed by atoms with Gasteiger partial charge in [-0.1, -0.05) is 46.4 Å². The Morgan fingerprint density at radius 1 is 1.27 bits per heavy atom. The molecule has 0 saturated heterocycles. The minimum Gasteiger partial charge on any atom is -0.369 e. The second-order valence-corrected chi connectivity index (χ2v) is 9.05. The molecule has 0 N–H and O–H groups in total. The molecule has 1 fully saturated rings. The second-order valence-electron chi connectivity index (χ2n) is 6.75. The van der Waals surface area contributed by atoms with E-state index in [0.29, 0.717) is 12.1 Å². The Bertz CT molecular complexity index is 1060. The molecule has 160 valence electrons. The van der Waals surface area contributed by atoms with Crippen LogP contribution in [0.25, 0.3) is 5.69 Å². The Kier molecular flexibility index (Phi) is 5.70. The standard InChI is InChI=1S/C17H11Cl4F4N5/c1-29(2)7-27-14-12(15(22)6-16(15,20)21)11(5-26)28-30(14)13-9(18)3-8(4-10(13)19)17(23,24)25/h3-4,7H,6H2,1-2H3/b27-7-. The minimum atomic E-state index is -4.70. The molecular weight excluding hydrogens is 492 g/mol. The van der Waals surface area contributed by atoms with Gasteiger partial charge in [0.25, 0.3) is 0 Å². The van der Waals surface area contributed by atoms with E-state index in [9.17, 15) is 18.4 Å². The fourth-order valence-electron chi connectivity index (χ4n) is 2.76. The highest BCUT2D eigenvalue weighted by atomic mass is 35.5. The van der Waals surface area contributed by atoms with E-state index in [1.54, 1.807) is 20.2 Å². The van der Waals surface area contributed by atoms with Gasteiger partial charge < -0.3 is 4.90 Å². The predicted octanol–water partition coefficient (Wildman–Crippen LogP) is 6.03. The van der Waals surface area contributed by atoms with Crippen LogP contribution in [0.4, 0.5) is 23.4 Å². The summed E-state index contributed by atoms with van der Waals surface area (Å²) in [7, 11) is 3.26. The van der Waals surface area contributed by atoms with Crippen LogP contribution in [0.15, 0.2) is 17.1 Å². The Balaban J connectivity index is 2.32. The van der Waals surface area contributed by atoms with Gasteiger partial charge in [-0.15, -0.1) is 0 Å². The summed E-state index contributed by atoms with van der Waals surface area (Å²) in [6.07, 6.45) is -3.75. The van der Waals surface area contributed by atoms with Crippen molar-refractivity contribution in [1.82, 2.24) is 14.7 Å². The van der Waals surface area contributed by atoms with E-state index in [-0.39, 0.29) is 23.5 Å². The SMILES string of the molecule is CN(C)/C=N\c1c(C2(F)CC2(Cl)Cl)c(C#N)nn1-c1c(Cl)cc(C(F)(F)F)cc1Cl. The monoisotopic (exact) mass is 501 g/mol. The number of nitriles is 1. The maximum absolute atomic E-state index is 15.4. The molecule has 1 aromatic heterocycles. The number of halogens is 8.